The van der Waals surface area contributed by atoms with Gasteiger partial charge in [-0.05, 0) is 24.1 Å². The molecule has 2 aromatic rings. The molecule has 0 fully saturated rings. The highest BCUT2D eigenvalue weighted by molar-refractivity contribution is 14.0. The van der Waals surface area contributed by atoms with Crippen LogP contribution in [0, 0.1) is 0 Å². The van der Waals surface area contributed by atoms with Gasteiger partial charge in [0.25, 0.3) is 0 Å². The Morgan fingerprint density at radius 2 is 2.00 bits per heavy atom. The van der Waals surface area contributed by atoms with E-state index in [9.17, 15) is 0 Å². The van der Waals surface area contributed by atoms with E-state index in [1.54, 1.807) is 18.4 Å². The van der Waals surface area contributed by atoms with Crippen LogP contribution in [-0.2, 0) is 19.4 Å². The number of hydrogen-bond donors (Lipinski definition) is 2. The monoisotopic (exact) mass is 464 g/mol. The second-order valence-electron chi connectivity index (χ2n) is 4.82. The molecule has 2 N–H and O–H groups in total. The normalized spacial score (nSPS) is 11.0. The van der Waals surface area contributed by atoms with E-state index >= 15 is 0 Å². The third-order valence-corrected chi connectivity index (χ3v) is 4.47. The molecule has 0 saturated carbocycles. The summed E-state index contributed by atoms with van der Waals surface area (Å²) in [6, 6.07) is 7.79. The van der Waals surface area contributed by atoms with Gasteiger partial charge >= 0.3 is 0 Å². The van der Waals surface area contributed by atoms with E-state index in [0.29, 0.717) is 6.54 Å². The maximum Gasteiger partial charge on any atom is 0.191 e. The van der Waals surface area contributed by atoms with Crippen molar-refractivity contribution in [3.8, 4) is 0 Å². The van der Waals surface area contributed by atoms with Crippen LogP contribution in [-0.4, -0.2) is 24.5 Å². The first-order valence-electron chi connectivity index (χ1n) is 7.33. The zero-order chi connectivity index (χ0) is 15.8. The maximum absolute atomic E-state index is 5.88. The maximum atomic E-state index is 5.88. The largest absolute Gasteiger partial charge is 0.356 e. The van der Waals surface area contributed by atoms with Crippen molar-refractivity contribution in [2.75, 3.05) is 13.6 Å². The van der Waals surface area contributed by atoms with Gasteiger partial charge in [-0.15, -0.1) is 35.3 Å². The zero-order valence-corrected chi connectivity index (χ0v) is 17.2. The van der Waals surface area contributed by atoms with E-state index in [0.717, 1.165) is 36.1 Å². The number of thiazole rings is 1. The lowest BCUT2D eigenvalue weighted by Gasteiger charge is -2.11. The summed E-state index contributed by atoms with van der Waals surface area (Å²) in [6.45, 7) is 3.66. The minimum absolute atomic E-state index is 0. The Bertz CT molecular complexity index is 613. The number of aromatic nitrogens is 1. The quantitative estimate of drug-likeness (QED) is 0.387. The molecule has 0 bridgehead atoms. The zero-order valence-electron chi connectivity index (χ0n) is 13.3. The van der Waals surface area contributed by atoms with Gasteiger partial charge in [-0.1, -0.05) is 30.7 Å². The number of hydrogen-bond acceptors (Lipinski definition) is 3. The molecule has 2 rings (SSSR count). The Labute approximate surface area is 163 Å². The number of nitrogens with one attached hydrogen (secondary N) is 2. The summed E-state index contributed by atoms with van der Waals surface area (Å²) in [5.41, 5.74) is 2.31. The van der Waals surface area contributed by atoms with Crippen molar-refractivity contribution in [2.45, 2.75) is 26.3 Å². The van der Waals surface area contributed by atoms with Gasteiger partial charge in [-0.3, -0.25) is 4.99 Å². The third-order valence-electron chi connectivity index (χ3n) is 3.17. The van der Waals surface area contributed by atoms with Gasteiger partial charge in [-0.2, -0.15) is 0 Å². The van der Waals surface area contributed by atoms with E-state index in [4.69, 9.17) is 11.6 Å². The summed E-state index contributed by atoms with van der Waals surface area (Å²) in [5.74, 6) is 0.792. The highest BCUT2D eigenvalue weighted by Gasteiger charge is 2.02. The van der Waals surface area contributed by atoms with Gasteiger partial charge in [0.2, 0.25) is 0 Å². The van der Waals surface area contributed by atoms with Gasteiger partial charge in [0.05, 0.1) is 10.7 Å². The van der Waals surface area contributed by atoms with Crippen molar-refractivity contribution in [3.05, 3.63) is 50.9 Å². The number of aliphatic imine (C=N–C) groups is 1. The summed E-state index contributed by atoms with van der Waals surface area (Å²) in [4.78, 5) is 8.78. The second kappa shape index (κ2) is 10.8. The number of halogens is 2. The molecule has 7 heteroatoms. The Hall–Kier alpha value is -0.860. The van der Waals surface area contributed by atoms with E-state index in [2.05, 4.69) is 32.9 Å². The fourth-order valence-electron chi connectivity index (χ4n) is 1.94. The lowest BCUT2D eigenvalue weighted by atomic mass is 10.2. The highest BCUT2D eigenvalue weighted by Crippen LogP contribution is 2.10. The first-order valence-corrected chi connectivity index (χ1v) is 8.59. The standard InChI is InChI=1S/C16H21ClN4S.HI/c1-3-15-21-14(11-22-15)8-9-19-16(18-2)20-10-12-4-6-13(17)7-5-12;/h4-7,11H,3,8-10H2,1-2H3,(H2,18,19,20);1H. The molecule has 126 valence electrons. The summed E-state index contributed by atoms with van der Waals surface area (Å²) >= 11 is 7.61. The van der Waals surface area contributed by atoms with Gasteiger partial charge in [0.15, 0.2) is 5.96 Å². The van der Waals surface area contributed by atoms with Crippen LogP contribution in [0.1, 0.15) is 23.2 Å². The van der Waals surface area contributed by atoms with Crippen molar-refractivity contribution in [3.63, 3.8) is 0 Å². The minimum atomic E-state index is 0. The Morgan fingerprint density at radius 1 is 1.26 bits per heavy atom. The van der Waals surface area contributed by atoms with Crippen LogP contribution in [0.2, 0.25) is 5.02 Å². The summed E-state index contributed by atoms with van der Waals surface area (Å²) < 4.78 is 0. The van der Waals surface area contributed by atoms with E-state index < -0.39 is 0 Å². The van der Waals surface area contributed by atoms with Crippen molar-refractivity contribution in [1.29, 1.82) is 0 Å². The first kappa shape index (κ1) is 20.2. The molecule has 0 aliphatic carbocycles. The summed E-state index contributed by atoms with van der Waals surface area (Å²) in [5, 5.41) is 10.7. The molecular weight excluding hydrogens is 443 g/mol. The Kier molecular flexibility index (Phi) is 9.50. The molecule has 23 heavy (non-hydrogen) atoms. The van der Waals surface area contributed by atoms with Crippen LogP contribution in [0.25, 0.3) is 0 Å². The molecule has 1 aromatic carbocycles. The predicted octanol–water partition coefficient (Wildman–Crippen LogP) is 3.88. The van der Waals surface area contributed by atoms with E-state index in [1.807, 2.05) is 24.3 Å². The topological polar surface area (TPSA) is 49.3 Å². The lowest BCUT2D eigenvalue weighted by molar-refractivity contribution is 0.785. The molecule has 0 radical (unpaired) electrons. The van der Waals surface area contributed by atoms with Crippen molar-refractivity contribution in [2.24, 2.45) is 4.99 Å². The van der Waals surface area contributed by atoms with Crippen LogP contribution >= 0.6 is 46.9 Å². The van der Waals surface area contributed by atoms with Crippen LogP contribution in [0.3, 0.4) is 0 Å². The van der Waals surface area contributed by atoms with Crippen molar-refractivity contribution >= 4 is 52.9 Å². The predicted molar refractivity (Wildman–Crippen MR) is 110 cm³/mol. The summed E-state index contributed by atoms with van der Waals surface area (Å²) in [7, 11) is 1.77. The van der Waals surface area contributed by atoms with Gasteiger partial charge < -0.3 is 10.6 Å². The van der Waals surface area contributed by atoms with Crippen LogP contribution in [0.4, 0.5) is 0 Å². The number of nitrogens with zero attached hydrogens (tertiary/aromatic N) is 2. The molecule has 0 amide bonds. The number of aryl methyl sites for hydroxylation is 1. The van der Waals surface area contributed by atoms with Gasteiger partial charge in [0, 0.05) is 37.0 Å². The Balaban J connectivity index is 0.00000264. The van der Waals surface area contributed by atoms with Crippen molar-refractivity contribution < 1.29 is 0 Å². The molecule has 1 aromatic heterocycles. The molecular formula is C16H22ClIN4S. The van der Waals surface area contributed by atoms with Crippen molar-refractivity contribution in [1.82, 2.24) is 15.6 Å². The highest BCUT2D eigenvalue weighted by atomic mass is 127. The fourth-order valence-corrected chi connectivity index (χ4v) is 2.85. The molecule has 0 atom stereocenters. The molecule has 0 spiro atoms. The van der Waals surface area contributed by atoms with E-state index in [-0.39, 0.29) is 24.0 Å². The minimum Gasteiger partial charge on any atom is -0.356 e. The number of guanidine groups is 1. The molecule has 0 aliphatic rings. The van der Waals surface area contributed by atoms with Crippen LogP contribution in [0.5, 0.6) is 0 Å². The molecule has 4 nitrogen and oxygen atoms in total. The Morgan fingerprint density at radius 3 is 2.61 bits per heavy atom. The molecule has 1 heterocycles. The smallest absolute Gasteiger partial charge is 0.191 e. The molecule has 0 saturated heterocycles. The van der Waals surface area contributed by atoms with Gasteiger partial charge in [0.1, 0.15) is 0 Å². The average Bonchev–Trinajstić information content (AvgIpc) is 3.00. The SMILES string of the molecule is CCc1nc(CCNC(=NC)NCc2ccc(Cl)cc2)cs1.I. The van der Waals surface area contributed by atoms with Gasteiger partial charge in [-0.25, -0.2) is 4.98 Å². The van der Waals surface area contributed by atoms with Crippen LogP contribution < -0.4 is 10.6 Å². The number of rotatable bonds is 6. The molecule has 0 unspecified atom stereocenters. The lowest BCUT2D eigenvalue weighted by Crippen LogP contribution is -2.37. The average molecular weight is 465 g/mol. The van der Waals surface area contributed by atoms with Crippen LogP contribution in [0.15, 0.2) is 34.6 Å². The first-order chi connectivity index (χ1) is 10.7. The van der Waals surface area contributed by atoms with E-state index in [1.165, 1.54) is 10.6 Å². The second-order valence-corrected chi connectivity index (χ2v) is 6.19. The molecule has 0 aliphatic heterocycles. The number of benzene rings is 1. The fraction of sp³-hybridized carbons (Fsp3) is 0.375. The summed E-state index contributed by atoms with van der Waals surface area (Å²) in [6.07, 6.45) is 1.90. The third kappa shape index (κ3) is 7.05.